The van der Waals surface area contributed by atoms with Gasteiger partial charge in [-0.2, -0.15) is 0 Å². The van der Waals surface area contributed by atoms with E-state index in [1.807, 2.05) is 6.92 Å². The minimum atomic E-state index is -0.273. The summed E-state index contributed by atoms with van der Waals surface area (Å²) < 4.78 is 0. The summed E-state index contributed by atoms with van der Waals surface area (Å²) in [6.45, 7) is 2.42. The van der Waals surface area contributed by atoms with Crippen LogP contribution in [0.5, 0.6) is 0 Å². The van der Waals surface area contributed by atoms with Crippen molar-refractivity contribution in [3.63, 3.8) is 0 Å². The van der Waals surface area contributed by atoms with Crippen LogP contribution in [0.1, 0.15) is 58.3 Å². The van der Waals surface area contributed by atoms with Gasteiger partial charge in [-0.3, -0.25) is 9.59 Å². The molecule has 5 heteroatoms. The second kappa shape index (κ2) is 7.78. The Bertz CT molecular complexity index is 367. The summed E-state index contributed by atoms with van der Waals surface area (Å²) in [5, 5.41) is 15.5. The second-order valence-corrected chi connectivity index (χ2v) is 6.66. The SMILES string of the molecule is CC(CC(=O)NCC1CCCC1O)NC(=O)C1CCCC1. The van der Waals surface area contributed by atoms with Gasteiger partial charge >= 0.3 is 0 Å². The molecule has 120 valence electrons. The number of aliphatic hydroxyl groups is 1. The molecule has 2 fully saturated rings. The van der Waals surface area contributed by atoms with Gasteiger partial charge in [-0.05, 0) is 32.6 Å². The van der Waals surface area contributed by atoms with Gasteiger partial charge in [0.05, 0.1) is 6.10 Å². The molecule has 2 aliphatic carbocycles. The van der Waals surface area contributed by atoms with Crippen LogP contribution in [0.15, 0.2) is 0 Å². The highest BCUT2D eigenvalue weighted by atomic mass is 16.3. The first-order valence-electron chi connectivity index (χ1n) is 8.31. The monoisotopic (exact) mass is 296 g/mol. The minimum absolute atomic E-state index is 0.0479. The Kier molecular flexibility index (Phi) is 6.03. The van der Waals surface area contributed by atoms with Crippen LogP contribution >= 0.6 is 0 Å². The van der Waals surface area contributed by atoms with Crippen molar-refractivity contribution in [1.29, 1.82) is 0 Å². The summed E-state index contributed by atoms with van der Waals surface area (Å²) in [7, 11) is 0. The number of nitrogens with one attached hydrogen (secondary N) is 2. The van der Waals surface area contributed by atoms with E-state index in [9.17, 15) is 14.7 Å². The average molecular weight is 296 g/mol. The van der Waals surface area contributed by atoms with E-state index in [0.717, 1.165) is 44.9 Å². The normalized spacial score (nSPS) is 27.5. The predicted molar refractivity (Wildman–Crippen MR) is 80.5 cm³/mol. The van der Waals surface area contributed by atoms with E-state index in [0.29, 0.717) is 13.0 Å². The van der Waals surface area contributed by atoms with Crippen LogP contribution in [0.2, 0.25) is 0 Å². The average Bonchev–Trinajstić information content (AvgIpc) is 3.07. The first-order chi connectivity index (χ1) is 10.1. The molecule has 2 aliphatic rings. The van der Waals surface area contributed by atoms with Crippen molar-refractivity contribution < 1.29 is 14.7 Å². The van der Waals surface area contributed by atoms with Crippen molar-refractivity contribution in [2.75, 3.05) is 6.54 Å². The van der Waals surface area contributed by atoms with Crippen LogP contribution < -0.4 is 10.6 Å². The van der Waals surface area contributed by atoms with E-state index in [4.69, 9.17) is 0 Å². The number of hydrogen-bond acceptors (Lipinski definition) is 3. The summed E-state index contributed by atoms with van der Waals surface area (Å²) >= 11 is 0. The van der Waals surface area contributed by atoms with E-state index < -0.39 is 0 Å². The van der Waals surface area contributed by atoms with Crippen molar-refractivity contribution in [3.8, 4) is 0 Å². The molecule has 3 N–H and O–H groups in total. The summed E-state index contributed by atoms with van der Waals surface area (Å²) in [6, 6.07) is -0.133. The molecule has 2 rings (SSSR count). The molecule has 0 radical (unpaired) electrons. The lowest BCUT2D eigenvalue weighted by Crippen LogP contribution is -2.41. The van der Waals surface area contributed by atoms with Crippen molar-refractivity contribution in [2.45, 2.75) is 70.4 Å². The van der Waals surface area contributed by atoms with Gasteiger partial charge in [-0.25, -0.2) is 0 Å². The largest absolute Gasteiger partial charge is 0.393 e. The number of amides is 2. The van der Waals surface area contributed by atoms with Crippen molar-refractivity contribution in [3.05, 3.63) is 0 Å². The molecule has 21 heavy (non-hydrogen) atoms. The molecular formula is C16H28N2O3. The molecule has 0 aromatic rings. The van der Waals surface area contributed by atoms with Crippen molar-refractivity contribution in [2.24, 2.45) is 11.8 Å². The quantitative estimate of drug-likeness (QED) is 0.692. The highest BCUT2D eigenvalue weighted by Gasteiger charge is 2.26. The first kappa shape index (κ1) is 16.3. The smallest absolute Gasteiger partial charge is 0.223 e. The maximum absolute atomic E-state index is 12.0. The zero-order valence-corrected chi connectivity index (χ0v) is 12.9. The predicted octanol–water partition coefficient (Wildman–Crippen LogP) is 1.35. The maximum atomic E-state index is 12.0. The van der Waals surface area contributed by atoms with Gasteiger partial charge in [0.15, 0.2) is 0 Å². The number of carbonyl (C=O) groups is 2. The summed E-state index contributed by atoms with van der Waals surface area (Å²) in [4.78, 5) is 23.8. The molecule has 2 saturated carbocycles. The van der Waals surface area contributed by atoms with Crippen LogP contribution in [0, 0.1) is 11.8 Å². The Labute approximate surface area is 126 Å². The zero-order valence-electron chi connectivity index (χ0n) is 12.9. The fraction of sp³-hybridized carbons (Fsp3) is 0.875. The van der Waals surface area contributed by atoms with Gasteiger partial charge in [-0.1, -0.05) is 19.3 Å². The highest BCUT2D eigenvalue weighted by Crippen LogP contribution is 2.25. The van der Waals surface area contributed by atoms with Gasteiger partial charge in [0, 0.05) is 30.8 Å². The molecule has 0 saturated heterocycles. The molecule has 0 bridgehead atoms. The third kappa shape index (κ3) is 4.99. The standard InChI is InChI=1S/C16H28N2O3/c1-11(18-16(21)12-5-2-3-6-12)9-15(20)17-10-13-7-4-8-14(13)19/h11-14,19H,2-10H2,1H3,(H,17,20)(H,18,21). The molecule has 0 spiro atoms. The van der Waals surface area contributed by atoms with Gasteiger partial charge in [0.2, 0.25) is 11.8 Å². The molecule has 3 atom stereocenters. The lowest BCUT2D eigenvalue weighted by molar-refractivity contribution is -0.126. The molecule has 2 amide bonds. The minimum Gasteiger partial charge on any atom is -0.393 e. The Morgan fingerprint density at radius 3 is 2.48 bits per heavy atom. The Morgan fingerprint density at radius 2 is 1.86 bits per heavy atom. The topological polar surface area (TPSA) is 78.4 Å². The molecule has 0 aromatic heterocycles. The van der Waals surface area contributed by atoms with Gasteiger partial charge < -0.3 is 15.7 Å². The van der Waals surface area contributed by atoms with Crippen molar-refractivity contribution in [1.82, 2.24) is 10.6 Å². The fourth-order valence-corrected chi connectivity index (χ4v) is 3.45. The Morgan fingerprint density at radius 1 is 1.14 bits per heavy atom. The second-order valence-electron chi connectivity index (χ2n) is 6.66. The highest BCUT2D eigenvalue weighted by molar-refractivity contribution is 5.81. The van der Waals surface area contributed by atoms with E-state index in [-0.39, 0.29) is 35.8 Å². The fourth-order valence-electron chi connectivity index (χ4n) is 3.45. The summed E-state index contributed by atoms with van der Waals surface area (Å²) in [5.41, 5.74) is 0. The van der Waals surface area contributed by atoms with Gasteiger partial charge in [0.25, 0.3) is 0 Å². The van der Waals surface area contributed by atoms with E-state index in [2.05, 4.69) is 10.6 Å². The number of carbonyl (C=O) groups excluding carboxylic acids is 2. The molecular weight excluding hydrogens is 268 g/mol. The molecule has 0 aliphatic heterocycles. The van der Waals surface area contributed by atoms with E-state index >= 15 is 0 Å². The molecule has 5 nitrogen and oxygen atoms in total. The van der Waals surface area contributed by atoms with Crippen LogP contribution in [0.4, 0.5) is 0 Å². The molecule has 3 unspecified atom stereocenters. The third-order valence-corrected chi connectivity index (χ3v) is 4.79. The Hall–Kier alpha value is -1.10. The van der Waals surface area contributed by atoms with Crippen LogP contribution in [0.25, 0.3) is 0 Å². The van der Waals surface area contributed by atoms with Gasteiger partial charge in [0.1, 0.15) is 0 Å². The molecule has 0 heterocycles. The van der Waals surface area contributed by atoms with Crippen LogP contribution in [-0.4, -0.2) is 35.6 Å². The third-order valence-electron chi connectivity index (χ3n) is 4.79. The zero-order chi connectivity index (χ0) is 15.2. The van der Waals surface area contributed by atoms with E-state index in [1.165, 1.54) is 0 Å². The lowest BCUT2D eigenvalue weighted by Gasteiger charge is -2.18. The van der Waals surface area contributed by atoms with Crippen LogP contribution in [0.3, 0.4) is 0 Å². The lowest BCUT2D eigenvalue weighted by atomic mass is 10.1. The van der Waals surface area contributed by atoms with Gasteiger partial charge in [-0.15, -0.1) is 0 Å². The molecule has 0 aromatic carbocycles. The maximum Gasteiger partial charge on any atom is 0.223 e. The first-order valence-corrected chi connectivity index (χ1v) is 8.31. The van der Waals surface area contributed by atoms with Crippen LogP contribution in [-0.2, 0) is 9.59 Å². The summed E-state index contributed by atoms with van der Waals surface area (Å²) in [6.07, 6.45) is 7.12. The number of hydrogen-bond donors (Lipinski definition) is 3. The van der Waals surface area contributed by atoms with Crippen molar-refractivity contribution >= 4 is 11.8 Å². The number of aliphatic hydroxyl groups excluding tert-OH is 1. The Balaban J connectivity index is 1.63. The van der Waals surface area contributed by atoms with E-state index in [1.54, 1.807) is 0 Å². The number of rotatable bonds is 6. The summed E-state index contributed by atoms with van der Waals surface area (Å²) in [5.74, 6) is 0.383.